The van der Waals surface area contributed by atoms with Gasteiger partial charge in [-0.25, -0.2) is 0 Å². The normalized spacial score (nSPS) is 31.9. The first kappa shape index (κ1) is 11.3. The van der Waals surface area contributed by atoms with Gasteiger partial charge in [-0.3, -0.25) is 4.79 Å². The highest BCUT2D eigenvalue weighted by Crippen LogP contribution is 2.18. The van der Waals surface area contributed by atoms with Gasteiger partial charge in [0.1, 0.15) is 0 Å². The fourth-order valence-corrected chi connectivity index (χ4v) is 3.20. The summed E-state index contributed by atoms with van der Waals surface area (Å²) in [5.74, 6) is 3.32. The quantitative estimate of drug-likeness (QED) is 0.764. The van der Waals surface area contributed by atoms with E-state index < -0.39 is 0 Å². The Balaban J connectivity index is 1.76. The lowest BCUT2D eigenvalue weighted by Crippen LogP contribution is -2.42. The summed E-state index contributed by atoms with van der Waals surface area (Å²) in [6, 6.07) is 0.409. The number of rotatable bonds is 2. The third kappa shape index (κ3) is 3.11. The van der Waals surface area contributed by atoms with Gasteiger partial charge in [0.05, 0.1) is 0 Å². The van der Waals surface area contributed by atoms with Crippen molar-refractivity contribution < 1.29 is 4.79 Å². The minimum atomic E-state index is 0.347. The van der Waals surface area contributed by atoms with Crippen molar-refractivity contribution in [1.29, 1.82) is 0 Å². The molecule has 1 N–H and O–H groups in total. The van der Waals surface area contributed by atoms with Gasteiger partial charge in [-0.2, -0.15) is 11.8 Å². The molecule has 0 bridgehead atoms. The fraction of sp³-hybridized carbons (Fsp3) is 0.909. The van der Waals surface area contributed by atoms with E-state index in [9.17, 15) is 4.79 Å². The zero-order chi connectivity index (χ0) is 10.7. The van der Waals surface area contributed by atoms with Gasteiger partial charge in [0.25, 0.3) is 0 Å². The van der Waals surface area contributed by atoms with Crippen LogP contribution in [0.1, 0.15) is 19.8 Å². The summed E-state index contributed by atoms with van der Waals surface area (Å²) in [5.41, 5.74) is 0. The van der Waals surface area contributed by atoms with Crippen molar-refractivity contribution in [3.63, 3.8) is 0 Å². The van der Waals surface area contributed by atoms with Crippen molar-refractivity contribution >= 4 is 17.7 Å². The molecule has 0 aromatic carbocycles. The second-order valence-electron chi connectivity index (χ2n) is 4.66. The van der Waals surface area contributed by atoms with Crippen LogP contribution in [0.25, 0.3) is 0 Å². The van der Waals surface area contributed by atoms with Gasteiger partial charge in [-0.05, 0) is 12.3 Å². The molecule has 1 amide bonds. The van der Waals surface area contributed by atoms with Crippen LogP contribution in [0, 0.1) is 5.92 Å². The molecule has 0 saturated carbocycles. The smallest absolute Gasteiger partial charge is 0.224 e. The predicted molar refractivity (Wildman–Crippen MR) is 64.1 cm³/mol. The lowest BCUT2D eigenvalue weighted by Gasteiger charge is -2.25. The highest BCUT2D eigenvalue weighted by Gasteiger charge is 2.25. The number of hydrogen-bond donors (Lipinski definition) is 1. The third-order valence-corrected chi connectivity index (χ3v) is 4.33. The molecule has 2 aliphatic rings. The summed E-state index contributed by atoms with van der Waals surface area (Å²) >= 11 is 1.95. The summed E-state index contributed by atoms with van der Waals surface area (Å²) in [6.07, 6.45) is 1.87. The number of hydrogen-bond acceptors (Lipinski definition) is 3. The molecule has 0 aromatic rings. The molecule has 15 heavy (non-hydrogen) atoms. The van der Waals surface area contributed by atoms with E-state index in [1.54, 1.807) is 0 Å². The Morgan fingerprint density at radius 3 is 3.07 bits per heavy atom. The Hall–Kier alpha value is -0.220. The molecule has 4 heteroatoms. The molecule has 2 fully saturated rings. The van der Waals surface area contributed by atoms with Crippen LogP contribution in [0.15, 0.2) is 0 Å². The van der Waals surface area contributed by atoms with Crippen LogP contribution >= 0.6 is 11.8 Å². The zero-order valence-corrected chi connectivity index (χ0v) is 10.2. The van der Waals surface area contributed by atoms with Crippen molar-refractivity contribution in [3.05, 3.63) is 0 Å². The van der Waals surface area contributed by atoms with Crippen LogP contribution in [0.5, 0.6) is 0 Å². The highest BCUT2D eigenvalue weighted by molar-refractivity contribution is 7.99. The molecule has 0 aromatic heterocycles. The van der Waals surface area contributed by atoms with E-state index in [0.717, 1.165) is 25.4 Å². The predicted octanol–water partition coefficient (Wildman–Crippen LogP) is 0.950. The monoisotopic (exact) mass is 228 g/mol. The largest absolute Gasteiger partial charge is 0.342 e. The molecule has 2 heterocycles. The molecule has 2 atom stereocenters. The molecule has 0 radical (unpaired) electrons. The van der Waals surface area contributed by atoms with E-state index in [1.807, 2.05) is 16.7 Å². The van der Waals surface area contributed by atoms with Gasteiger partial charge >= 0.3 is 0 Å². The summed E-state index contributed by atoms with van der Waals surface area (Å²) in [4.78, 5) is 14.0. The highest BCUT2D eigenvalue weighted by atomic mass is 32.2. The molecular formula is C11H20N2OS. The van der Waals surface area contributed by atoms with Crippen molar-refractivity contribution in [2.24, 2.45) is 5.92 Å². The molecule has 0 aliphatic carbocycles. The summed E-state index contributed by atoms with van der Waals surface area (Å²) in [7, 11) is 0. The van der Waals surface area contributed by atoms with Crippen LogP contribution in [-0.2, 0) is 4.79 Å². The molecule has 2 rings (SSSR count). The number of carbonyl (C=O) groups is 1. The van der Waals surface area contributed by atoms with E-state index in [1.165, 1.54) is 12.2 Å². The lowest BCUT2D eigenvalue weighted by molar-refractivity contribution is -0.130. The first-order valence-electron chi connectivity index (χ1n) is 5.84. The minimum absolute atomic E-state index is 0.347. The zero-order valence-electron chi connectivity index (χ0n) is 9.37. The first-order valence-corrected chi connectivity index (χ1v) is 7.00. The van der Waals surface area contributed by atoms with E-state index >= 15 is 0 Å². The fourth-order valence-electron chi connectivity index (χ4n) is 2.25. The van der Waals surface area contributed by atoms with Gasteiger partial charge in [0.15, 0.2) is 0 Å². The molecule has 0 spiro atoms. The van der Waals surface area contributed by atoms with Crippen LogP contribution in [-0.4, -0.2) is 48.0 Å². The Kier molecular flexibility index (Phi) is 3.92. The molecule has 2 saturated heterocycles. The van der Waals surface area contributed by atoms with Gasteiger partial charge < -0.3 is 10.2 Å². The average Bonchev–Trinajstić information content (AvgIpc) is 2.66. The summed E-state index contributed by atoms with van der Waals surface area (Å²) in [6.45, 7) is 5.22. The SMILES string of the molecule is CC1CCN(C(=O)CC2CSCCN2)C1. The van der Waals surface area contributed by atoms with Gasteiger partial charge in [-0.15, -0.1) is 0 Å². The molecule has 2 unspecified atom stereocenters. The Labute approximate surface area is 96.0 Å². The van der Waals surface area contributed by atoms with Gasteiger partial charge in [0, 0.05) is 43.6 Å². The number of amides is 1. The van der Waals surface area contributed by atoms with Crippen molar-refractivity contribution in [1.82, 2.24) is 10.2 Å². The number of carbonyl (C=O) groups excluding carboxylic acids is 1. The number of thioether (sulfide) groups is 1. The summed E-state index contributed by atoms with van der Waals surface area (Å²) in [5, 5.41) is 3.42. The Bertz CT molecular complexity index is 229. The number of nitrogens with zero attached hydrogens (tertiary/aromatic N) is 1. The van der Waals surface area contributed by atoms with E-state index in [-0.39, 0.29) is 0 Å². The standard InChI is InChI=1S/C11H20N2OS/c1-9-2-4-13(7-9)11(14)6-10-8-15-5-3-12-10/h9-10,12H,2-8H2,1H3. The summed E-state index contributed by atoms with van der Waals surface area (Å²) < 4.78 is 0. The maximum atomic E-state index is 11.9. The topological polar surface area (TPSA) is 32.3 Å². The van der Waals surface area contributed by atoms with Crippen LogP contribution in [0.2, 0.25) is 0 Å². The second-order valence-corrected chi connectivity index (χ2v) is 5.81. The lowest BCUT2D eigenvalue weighted by atomic mass is 10.2. The molecule has 3 nitrogen and oxygen atoms in total. The van der Waals surface area contributed by atoms with Crippen molar-refractivity contribution in [2.75, 3.05) is 31.1 Å². The van der Waals surface area contributed by atoms with Crippen LogP contribution in [0.4, 0.5) is 0 Å². The average molecular weight is 228 g/mol. The molecule has 2 aliphatic heterocycles. The van der Waals surface area contributed by atoms with E-state index in [2.05, 4.69) is 12.2 Å². The number of likely N-dealkylation sites (tertiary alicyclic amines) is 1. The Morgan fingerprint density at radius 1 is 1.60 bits per heavy atom. The van der Waals surface area contributed by atoms with Crippen LogP contribution in [0.3, 0.4) is 0 Å². The van der Waals surface area contributed by atoms with E-state index in [0.29, 0.717) is 24.3 Å². The Morgan fingerprint density at radius 2 is 2.47 bits per heavy atom. The maximum absolute atomic E-state index is 11.9. The molecule has 86 valence electrons. The van der Waals surface area contributed by atoms with Crippen molar-refractivity contribution in [3.8, 4) is 0 Å². The first-order chi connectivity index (χ1) is 7.25. The second kappa shape index (κ2) is 5.21. The van der Waals surface area contributed by atoms with Crippen LogP contribution < -0.4 is 5.32 Å². The third-order valence-electron chi connectivity index (χ3n) is 3.20. The van der Waals surface area contributed by atoms with Crippen molar-refractivity contribution in [2.45, 2.75) is 25.8 Å². The van der Waals surface area contributed by atoms with E-state index in [4.69, 9.17) is 0 Å². The molecular weight excluding hydrogens is 208 g/mol. The van der Waals surface area contributed by atoms with Gasteiger partial charge in [0.2, 0.25) is 5.91 Å². The van der Waals surface area contributed by atoms with Gasteiger partial charge in [-0.1, -0.05) is 6.92 Å². The number of nitrogens with one attached hydrogen (secondary N) is 1. The maximum Gasteiger partial charge on any atom is 0.224 e. The minimum Gasteiger partial charge on any atom is -0.342 e.